The minimum atomic E-state index is -0.0581. The first-order chi connectivity index (χ1) is 8.33. The molecule has 1 aliphatic rings. The Bertz CT molecular complexity index is 521. The molecule has 0 bridgehead atoms. The molecule has 1 aliphatic heterocycles. The van der Waals surface area contributed by atoms with Gasteiger partial charge in [0.25, 0.3) is 0 Å². The Balaban J connectivity index is 1.82. The number of aromatic nitrogens is 4. The average molecular weight is 249 g/mol. The van der Waals surface area contributed by atoms with Crippen molar-refractivity contribution in [2.75, 3.05) is 6.54 Å². The van der Waals surface area contributed by atoms with E-state index in [-0.39, 0.29) is 11.2 Å². The molecule has 0 spiro atoms. The molecule has 2 aromatic rings. The number of hydrogen-bond acceptors (Lipinski definition) is 5. The molecule has 17 heavy (non-hydrogen) atoms. The monoisotopic (exact) mass is 249 g/mol. The van der Waals surface area contributed by atoms with Gasteiger partial charge in [0.2, 0.25) is 5.91 Å². The van der Waals surface area contributed by atoms with Crippen molar-refractivity contribution in [1.82, 2.24) is 25.3 Å². The molecule has 6 nitrogen and oxygen atoms in total. The topological polar surface area (TPSA) is 83.6 Å². The van der Waals surface area contributed by atoms with E-state index < -0.39 is 0 Å². The van der Waals surface area contributed by atoms with Gasteiger partial charge in [-0.15, -0.1) is 0 Å². The molecule has 1 saturated heterocycles. The van der Waals surface area contributed by atoms with Crippen molar-refractivity contribution in [2.45, 2.75) is 23.2 Å². The molecule has 7 heteroatoms. The molecule has 3 heterocycles. The summed E-state index contributed by atoms with van der Waals surface area (Å²) in [5, 5.41) is 3.52. The summed E-state index contributed by atoms with van der Waals surface area (Å²) in [5.41, 5.74) is 1.44. The van der Waals surface area contributed by atoms with E-state index in [1.165, 1.54) is 18.1 Å². The van der Waals surface area contributed by atoms with Crippen LogP contribution in [0.4, 0.5) is 0 Å². The molecule has 3 rings (SSSR count). The number of nitrogens with zero attached hydrogens (tertiary/aromatic N) is 3. The van der Waals surface area contributed by atoms with Gasteiger partial charge in [0.05, 0.1) is 11.4 Å². The fourth-order valence-corrected chi connectivity index (χ4v) is 2.84. The minimum Gasteiger partial charge on any atom is -0.355 e. The molecular weight excluding hydrogens is 238 g/mol. The molecule has 1 amide bonds. The maximum absolute atomic E-state index is 11.6. The number of imidazole rings is 1. The van der Waals surface area contributed by atoms with Gasteiger partial charge in [0.15, 0.2) is 10.8 Å². The lowest BCUT2D eigenvalue weighted by Crippen LogP contribution is -2.38. The number of thioether (sulfide) groups is 1. The summed E-state index contributed by atoms with van der Waals surface area (Å²) in [6, 6.07) is 0. The number of H-pyrrole nitrogens is 1. The van der Waals surface area contributed by atoms with Crippen LogP contribution in [0.3, 0.4) is 0 Å². The average Bonchev–Trinajstić information content (AvgIpc) is 2.74. The standard InChI is InChI=1S/C10H11N5OS/c16-9-7(2-1-3-12-9)17-10-14-6-4-11-5-13-8(6)15-10/h4-5,7H,1-3H2,(H,12,16)(H,11,13,14,15). The Kier molecular flexibility index (Phi) is 2.68. The van der Waals surface area contributed by atoms with E-state index in [4.69, 9.17) is 0 Å². The molecule has 2 aromatic heterocycles. The summed E-state index contributed by atoms with van der Waals surface area (Å²) < 4.78 is 0. The van der Waals surface area contributed by atoms with Gasteiger partial charge >= 0.3 is 0 Å². The van der Waals surface area contributed by atoms with E-state index in [1.807, 2.05) is 0 Å². The fraction of sp³-hybridized carbons (Fsp3) is 0.400. The number of amides is 1. The van der Waals surface area contributed by atoms with Gasteiger partial charge < -0.3 is 10.3 Å². The Hall–Kier alpha value is -1.63. The summed E-state index contributed by atoms with van der Waals surface area (Å²) >= 11 is 1.45. The largest absolute Gasteiger partial charge is 0.355 e. The first-order valence-corrected chi connectivity index (χ1v) is 6.31. The van der Waals surface area contributed by atoms with Crippen LogP contribution in [0.15, 0.2) is 17.7 Å². The van der Waals surface area contributed by atoms with Crippen LogP contribution in [-0.4, -0.2) is 37.6 Å². The van der Waals surface area contributed by atoms with Crippen LogP contribution in [0.1, 0.15) is 12.8 Å². The zero-order chi connectivity index (χ0) is 11.7. The lowest BCUT2D eigenvalue weighted by atomic mass is 10.1. The summed E-state index contributed by atoms with van der Waals surface area (Å²) in [7, 11) is 0. The lowest BCUT2D eigenvalue weighted by molar-refractivity contribution is -0.121. The second-order valence-corrected chi connectivity index (χ2v) is 5.03. The van der Waals surface area contributed by atoms with E-state index in [9.17, 15) is 4.79 Å². The van der Waals surface area contributed by atoms with Crippen LogP contribution in [0, 0.1) is 0 Å². The maximum atomic E-state index is 11.6. The number of piperidine rings is 1. The molecule has 0 aliphatic carbocycles. The van der Waals surface area contributed by atoms with Crippen LogP contribution >= 0.6 is 11.8 Å². The highest BCUT2D eigenvalue weighted by Crippen LogP contribution is 2.26. The Morgan fingerprint density at radius 1 is 1.47 bits per heavy atom. The number of carbonyl (C=O) groups excluding carboxylic acids is 1. The molecule has 1 atom stereocenters. The number of hydrogen-bond donors (Lipinski definition) is 2. The van der Waals surface area contributed by atoms with E-state index >= 15 is 0 Å². The quantitative estimate of drug-likeness (QED) is 0.819. The van der Waals surface area contributed by atoms with Gasteiger partial charge in [0.1, 0.15) is 11.8 Å². The highest BCUT2D eigenvalue weighted by molar-refractivity contribution is 8.00. The van der Waals surface area contributed by atoms with Gasteiger partial charge in [-0.25, -0.2) is 15.0 Å². The van der Waals surface area contributed by atoms with Crippen molar-refractivity contribution in [2.24, 2.45) is 0 Å². The highest BCUT2D eigenvalue weighted by Gasteiger charge is 2.24. The van der Waals surface area contributed by atoms with Crippen LogP contribution in [0.5, 0.6) is 0 Å². The molecule has 1 fully saturated rings. The zero-order valence-electron chi connectivity index (χ0n) is 9.01. The second kappa shape index (κ2) is 4.33. The van der Waals surface area contributed by atoms with Crippen LogP contribution in [0.2, 0.25) is 0 Å². The molecular formula is C10H11N5OS. The number of aromatic amines is 1. The summed E-state index contributed by atoms with van der Waals surface area (Å²) in [4.78, 5) is 27.0. The molecule has 1 unspecified atom stereocenters. The predicted molar refractivity (Wildman–Crippen MR) is 63.6 cm³/mol. The Labute approximate surface area is 102 Å². The fourth-order valence-electron chi connectivity index (χ4n) is 1.79. The molecule has 0 saturated carbocycles. The first kappa shape index (κ1) is 10.5. The van der Waals surface area contributed by atoms with Crippen molar-refractivity contribution in [3.05, 3.63) is 12.5 Å². The van der Waals surface area contributed by atoms with E-state index in [1.54, 1.807) is 6.20 Å². The first-order valence-electron chi connectivity index (χ1n) is 5.43. The summed E-state index contributed by atoms with van der Waals surface area (Å²) in [6.45, 7) is 0.779. The van der Waals surface area contributed by atoms with Crippen molar-refractivity contribution < 1.29 is 4.79 Å². The predicted octanol–water partition coefficient (Wildman–Crippen LogP) is 0.724. The van der Waals surface area contributed by atoms with Gasteiger partial charge in [-0.05, 0) is 12.8 Å². The van der Waals surface area contributed by atoms with Crippen molar-refractivity contribution in [3.63, 3.8) is 0 Å². The second-order valence-electron chi connectivity index (χ2n) is 3.84. The third-order valence-electron chi connectivity index (χ3n) is 2.63. The van der Waals surface area contributed by atoms with Crippen molar-refractivity contribution in [1.29, 1.82) is 0 Å². The van der Waals surface area contributed by atoms with Crippen molar-refractivity contribution in [3.8, 4) is 0 Å². The normalized spacial score (nSPS) is 20.5. The highest BCUT2D eigenvalue weighted by atomic mass is 32.2. The maximum Gasteiger partial charge on any atom is 0.233 e. The van der Waals surface area contributed by atoms with Gasteiger partial charge in [-0.2, -0.15) is 0 Å². The van der Waals surface area contributed by atoms with Gasteiger partial charge in [0, 0.05) is 6.54 Å². The lowest BCUT2D eigenvalue weighted by Gasteiger charge is -2.19. The number of nitrogens with one attached hydrogen (secondary N) is 2. The summed E-state index contributed by atoms with van der Waals surface area (Å²) in [6.07, 6.45) is 5.05. The molecule has 2 N–H and O–H groups in total. The van der Waals surface area contributed by atoms with Gasteiger partial charge in [-0.3, -0.25) is 4.79 Å². The van der Waals surface area contributed by atoms with E-state index in [0.29, 0.717) is 5.65 Å². The Morgan fingerprint density at radius 2 is 2.41 bits per heavy atom. The van der Waals surface area contributed by atoms with Gasteiger partial charge in [-0.1, -0.05) is 11.8 Å². The minimum absolute atomic E-state index is 0.0581. The molecule has 0 radical (unpaired) electrons. The van der Waals surface area contributed by atoms with Crippen LogP contribution in [0.25, 0.3) is 11.2 Å². The number of rotatable bonds is 2. The number of fused-ring (bicyclic) bond motifs is 1. The van der Waals surface area contributed by atoms with Crippen LogP contribution < -0.4 is 5.32 Å². The number of carbonyl (C=O) groups is 1. The van der Waals surface area contributed by atoms with E-state index in [2.05, 4.69) is 25.3 Å². The third kappa shape index (κ3) is 2.10. The zero-order valence-corrected chi connectivity index (χ0v) is 9.83. The molecule has 0 aromatic carbocycles. The van der Waals surface area contributed by atoms with Crippen molar-refractivity contribution >= 4 is 28.8 Å². The smallest absolute Gasteiger partial charge is 0.233 e. The summed E-state index contributed by atoms with van der Waals surface area (Å²) in [5.74, 6) is 0.0905. The Morgan fingerprint density at radius 3 is 3.24 bits per heavy atom. The molecule has 88 valence electrons. The SMILES string of the molecule is O=C1NCCCC1Sc1nc2ncncc2[nH]1. The third-order valence-corrected chi connectivity index (χ3v) is 3.78. The van der Waals surface area contributed by atoms with E-state index in [0.717, 1.165) is 30.1 Å². The van der Waals surface area contributed by atoms with Crippen LogP contribution in [-0.2, 0) is 4.79 Å².